The molecule has 21 heavy (non-hydrogen) atoms. The van der Waals surface area contributed by atoms with E-state index >= 15 is 0 Å². The van der Waals surface area contributed by atoms with Crippen molar-refractivity contribution in [3.63, 3.8) is 0 Å². The molecule has 0 aliphatic rings. The van der Waals surface area contributed by atoms with Crippen LogP contribution in [0.4, 0.5) is 4.39 Å². The van der Waals surface area contributed by atoms with Crippen LogP contribution in [0, 0.1) is 5.82 Å². The molecular weight excluding hydrogens is 299 g/mol. The van der Waals surface area contributed by atoms with Gasteiger partial charge in [0.25, 0.3) is 5.91 Å². The zero-order valence-electron chi connectivity index (χ0n) is 12.4. The summed E-state index contributed by atoms with van der Waals surface area (Å²) in [6.07, 6.45) is 0. The van der Waals surface area contributed by atoms with Gasteiger partial charge in [0.1, 0.15) is 4.90 Å². The molecule has 1 aromatic carbocycles. The number of carbonyl (C=O) groups excluding carboxylic acids is 1. The first kappa shape index (κ1) is 17.4. The Balaban J connectivity index is 3.47. The van der Waals surface area contributed by atoms with Gasteiger partial charge < -0.3 is 9.64 Å². The number of amides is 1. The highest BCUT2D eigenvalue weighted by Gasteiger charge is 2.25. The number of primary sulfonamides is 1. The van der Waals surface area contributed by atoms with E-state index in [1.165, 1.54) is 4.90 Å². The lowest BCUT2D eigenvalue weighted by Crippen LogP contribution is -2.36. The number of nitrogens with two attached hydrogens (primary N) is 1. The summed E-state index contributed by atoms with van der Waals surface area (Å²) in [5.74, 6) is -1.92. The van der Waals surface area contributed by atoms with Crippen molar-refractivity contribution in [2.45, 2.75) is 31.7 Å². The van der Waals surface area contributed by atoms with Gasteiger partial charge in [0.05, 0.1) is 7.11 Å². The average Bonchev–Trinajstić information content (AvgIpc) is 2.36. The molecule has 0 aliphatic carbocycles. The van der Waals surface area contributed by atoms with Crippen LogP contribution in [-0.2, 0) is 10.0 Å². The molecule has 0 heterocycles. The second-order valence-electron chi connectivity index (χ2n) is 4.72. The molecule has 2 N–H and O–H groups in total. The van der Waals surface area contributed by atoms with Crippen LogP contribution >= 0.6 is 0 Å². The van der Waals surface area contributed by atoms with Crippen molar-refractivity contribution < 1.29 is 22.3 Å². The van der Waals surface area contributed by atoms with Crippen LogP contribution < -0.4 is 9.88 Å². The highest BCUT2D eigenvalue weighted by atomic mass is 32.2. The predicted octanol–water partition coefficient (Wildman–Crippen LogP) is 1.35. The maximum absolute atomic E-state index is 14.0. The van der Waals surface area contributed by atoms with Crippen LogP contribution in [0.2, 0.25) is 0 Å². The molecule has 1 rings (SSSR count). The van der Waals surface area contributed by atoms with Crippen LogP contribution in [-0.4, -0.2) is 38.9 Å². The molecule has 0 spiro atoms. The lowest BCUT2D eigenvalue weighted by atomic mass is 10.1. The van der Waals surface area contributed by atoms with Crippen molar-refractivity contribution in [3.05, 3.63) is 23.5 Å². The number of carbonyl (C=O) groups is 1. The van der Waals surface area contributed by atoms with Gasteiger partial charge >= 0.3 is 0 Å². The SMILES string of the molecule is CCN(C(=O)c1cc(F)c(OC)c(S(N)(=O)=O)c1)C(C)C. The summed E-state index contributed by atoms with van der Waals surface area (Å²) in [5.41, 5.74) is -0.0899. The molecule has 0 aromatic heterocycles. The van der Waals surface area contributed by atoms with Gasteiger partial charge in [0.2, 0.25) is 10.0 Å². The molecule has 8 heteroatoms. The van der Waals surface area contributed by atoms with E-state index in [4.69, 9.17) is 9.88 Å². The normalized spacial score (nSPS) is 11.6. The van der Waals surface area contributed by atoms with Gasteiger partial charge in [-0.3, -0.25) is 4.79 Å². The Labute approximate surface area is 123 Å². The molecule has 6 nitrogen and oxygen atoms in total. The molecule has 0 bridgehead atoms. The van der Waals surface area contributed by atoms with Crippen molar-refractivity contribution in [2.75, 3.05) is 13.7 Å². The first-order valence-electron chi connectivity index (χ1n) is 6.34. The van der Waals surface area contributed by atoms with Crippen molar-refractivity contribution in [3.8, 4) is 5.75 Å². The summed E-state index contributed by atoms with van der Waals surface area (Å²) in [4.78, 5) is 13.3. The molecule has 0 atom stereocenters. The van der Waals surface area contributed by atoms with Gasteiger partial charge in [-0.25, -0.2) is 17.9 Å². The minimum absolute atomic E-state index is 0.0899. The average molecular weight is 318 g/mol. The number of hydrogen-bond donors (Lipinski definition) is 1. The molecule has 118 valence electrons. The Morgan fingerprint density at radius 3 is 2.38 bits per heavy atom. The molecule has 0 aliphatic heterocycles. The fraction of sp³-hybridized carbons (Fsp3) is 0.462. The van der Waals surface area contributed by atoms with E-state index in [0.717, 1.165) is 19.2 Å². The number of hydrogen-bond acceptors (Lipinski definition) is 4. The van der Waals surface area contributed by atoms with Gasteiger partial charge in [0.15, 0.2) is 11.6 Å². The number of sulfonamides is 1. The van der Waals surface area contributed by atoms with E-state index in [2.05, 4.69) is 0 Å². The van der Waals surface area contributed by atoms with Gasteiger partial charge in [-0.2, -0.15) is 0 Å². The topological polar surface area (TPSA) is 89.7 Å². The third kappa shape index (κ3) is 3.70. The Morgan fingerprint density at radius 1 is 1.43 bits per heavy atom. The predicted molar refractivity (Wildman–Crippen MR) is 76.2 cm³/mol. The van der Waals surface area contributed by atoms with E-state index in [1.807, 2.05) is 13.8 Å². The fourth-order valence-electron chi connectivity index (χ4n) is 2.01. The van der Waals surface area contributed by atoms with E-state index in [-0.39, 0.29) is 11.6 Å². The minimum atomic E-state index is -4.21. The van der Waals surface area contributed by atoms with Crippen molar-refractivity contribution in [1.29, 1.82) is 0 Å². The van der Waals surface area contributed by atoms with Crippen LogP contribution in [0.3, 0.4) is 0 Å². The van der Waals surface area contributed by atoms with Gasteiger partial charge in [-0.1, -0.05) is 0 Å². The molecule has 1 aromatic rings. The summed E-state index contributed by atoms with van der Waals surface area (Å²) in [7, 11) is -3.09. The molecule has 0 saturated heterocycles. The largest absolute Gasteiger partial charge is 0.492 e. The van der Waals surface area contributed by atoms with Crippen LogP contribution in [0.15, 0.2) is 17.0 Å². The zero-order valence-corrected chi connectivity index (χ0v) is 13.2. The zero-order chi connectivity index (χ0) is 16.4. The molecule has 0 saturated carbocycles. The van der Waals surface area contributed by atoms with Crippen molar-refractivity contribution in [2.24, 2.45) is 5.14 Å². The maximum Gasteiger partial charge on any atom is 0.254 e. The van der Waals surface area contributed by atoms with Crippen LogP contribution in [0.25, 0.3) is 0 Å². The standard InChI is InChI=1S/C13H19FN2O4S/c1-5-16(8(2)3)13(17)9-6-10(14)12(20-4)11(7-9)21(15,18)19/h6-8H,5H2,1-4H3,(H2,15,18,19). The highest BCUT2D eigenvalue weighted by Crippen LogP contribution is 2.28. The minimum Gasteiger partial charge on any atom is -0.492 e. The lowest BCUT2D eigenvalue weighted by Gasteiger charge is -2.25. The summed E-state index contributed by atoms with van der Waals surface area (Å²) in [6.45, 7) is 5.80. The number of halogens is 1. The van der Waals surface area contributed by atoms with Crippen molar-refractivity contribution in [1.82, 2.24) is 4.90 Å². The molecular formula is C13H19FN2O4S. The fourth-order valence-corrected chi connectivity index (χ4v) is 2.74. The Kier molecular flexibility index (Phi) is 5.30. The smallest absolute Gasteiger partial charge is 0.254 e. The van der Waals surface area contributed by atoms with Crippen LogP contribution in [0.5, 0.6) is 5.75 Å². The van der Waals surface area contributed by atoms with E-state index in [1.54, 1.807) is 6.92 Å². The number of benzene rings is 1. The number of rotatable bonds is 5. The van der Waals surface area contributed by atoms with E-state index in [0.29, 0.717) is 6.54 Å². The monoisotopic (exact) mass is 318 g/mol. The van der Waals surface area contributed by atoms with E-state index in [9.17, 15) is 17.6 Å². The Hall–Kier alpha value is -1.67. The first-order valence-corrected chi connectivity index (χ1v) is 7.89. The van der Waals surface area contributed by atoms with Gasteiger partial charge in [-0.05, 0) is 32.9 Å². The van der Waals surface area contributed by atoms with Gasteiger partial charge in [0, 0.05) is 18.2 Å². The van der Waals surface area contributed by atoms with Gasteiger partial charge in [-0.15, -0.1) is 0 Å². The van der Waals surface area contributed by atoms with E-state index < -0.39 is 32.4 Å². The summed E-state index contributed by atoms with van der Waals surface area (Å²) in [5, 5.41) is 5.04. The molecule has 0 radical (unpaired) electrons. The first-order chi connectivity index (χ1) is 9.63. The second kappa shape index (κ2) is 6.40. The Bertz CT molecular complexity index is 644. The molecule has 0 unspecified atom stereocenters. The highest BCUT2D eigenvalue weighted by molar-refractivity contribution is 7.89. The second-order valence-corrected chi connectivity index (χ2v) is 6.25. The summed E-state index contributed by atoms with van der Waals surface area (Å²) in [6, 6.07) is 1.87. The summed E-state index contributed by atoms with van der Waals surface area (Å²) >= 11 is 0. The maximum atomic E-state index is 14.0. The Morgan fingerprint density at radius 2 is 2.00 bits per heavy atom. The number of methoxy groups -OCH3 is 1. The molecule has 1 amide bonds. The van der Waals surface area contributed by atoms with Crippen LogP contribution in [0.1, 0.15) is 31.1 Å². The summed E-state index contributed by atoms with van der Waals surface area (Å²) < 4.78 is 41.7. The van der Waals surface area contributed by atoms with Crippen molar-refractivity contribution >= 4 is 15.9 Å². The third-order valence-corrected chi connectivity index (χ3v) is 3.91. The lowest BCUT2D eigenvalue weighted by molar-refractivity contribution is 0.0716. The number of nitrogens with zero attached hydrogens (tertiary/aromatic N) is 1. The third-order valence-electron chi connectivity index (χ3n) is 2.99. The quantitative estimate of drug-likeness (QED) is 0.887. The molecule has 0 fully saturated rings. The number of ether oxygens (including phenoxy) is 1.